The molecule has 0 saturated heterocycles. The lowest BCUT2D eigenvalue weighted by molar-refractivity contribution is 0.168. The average Bonchev–Trinajstić information content (AvgIpc) is 2.38. The van der Waals surface area contributed by atoms with E-state index in [2.05, 4.69) is 15.9 Å². The van der Waals surface area contributed by atoms with Crippen LogP contribution >= 0.6 is 27.5 Å². The Morgan fingerprint density at radius 3 is 2.50 bits per heavy atom. The Balaban J connectivity index is 2.33. The van der Waals surface area contributed by atoms with Crippen molar-refractivity contribution in [1.82, 2.24) is 0 Å². The highest BCUT2D eigenvalue weighted by Gasteiger charge is 2.21. The van der Waals surface area contributed by atoms with Crippen LogP contribution < -0.4 is 0 Å². The second kappa shape index (κ2) is 6.16. The number of hydrogen-bond acceptors (Lipinski definition) is 1. The van der Waals surface area contributed by atoms with Crippen molar-refractivity contribution in [1.29, 1.82) is 0 Å². The molecule has 0 radical (unpaired) electrons. The quantitative estimate of drug-likeness (QED) is 0.775. The summed E-state index contributed by atoms with van der Waals surface area (Å²) >= 11 is 8.75. The molecule has 0 fully saturated rings. The minimum Gasteiger partial charge on any atom is -0.388 e. The second-order valence-electron chi connectivity index (χ2n) is 4.21. The van der Waals surface area contributed by atoms with Gasteiger partial charge in [0, 0.05) is 11.4 Å². The van der Waals surface area contributed by atoms with Gasteiger partial charge in [0.2, 0.25) is 0 Å². The van der Waals surface area contributed by atoms with E-state index < -0.39 is 29.1 Å². The van der Waals surface area contributed by atoms with E-state index in [0.29, 0.717) is 5.56 Å². The maximum absolute atomic E-state index is 13.8. The van der Waals surface area contributed by atoms with Gasteiger partial charge >= 0.3 is 0 Å². The van der Waals surface area contributed by atoms with Crippen LogP contribution in [0.5, 0.6) is 0 Å². The zero-order valence-electron chi connectivity index (χ0n) is 10.0. The first-order valence-electron chi connectivity index (χ1n) is 5.65. The maximum atomic E-state index is 13.8. The van der Waals surface area contributed by atoms with Gasteiger partial charge in [-0.05, 0) is 45.8 Å². The van der Waals surface area contributed by atoms with E-state index in [1.807, 2.05) is 0 Å². The summed E-state index contributed by atoms with van der Waals surface area (Å²) in [6.07, 6.45) is -1.54. The van der Waals surface area contributed by atoms with E-state index in [1.165, 1.54) is 18.2 Å². The van der Waals surface area contributed by atoms with Crippen LogP contribution in [0.2, 0.25) is 5.02 Å². The SMILES string of the molecule is OC(Cc1ccc(F)cc1Cl)c1c(F)ccc(Br)c1F. The normalized spacial score (nSPS) is 12.5. The molecule has 1 nitrogen and oxygen atoms in total. The predicted octanol–water partition coefficient (Wildman–Crippen LogP) is 4.80. The fourth-order valence-electron chi connectivity index (χ4n) is 1.85. The first-order valence-corrected chi connectivity index (χ1v) is 6.82. The monoisotopic (exact) mass is 364 g/mol. The van der Waals surface area contributed by atoms with Crippen LogP contribution in [0.4, 0.5) is 13.2 Å². The van der Waals surface area contributed by atoms with Gasteiger partial charge in [-0.25, -0.2) is 13.2 Å². The third kappa shape index (κ3) is 3.16. The Morgan fingerprint density at radius 2 is 1.85 bits per heavy atom. The summed E-state index contributed by atoms with van der Waals surface area (Å²) in [5.74, 6) is -2.24. The van der Waals surface area contributed by atoms with Gasteiger partial charge in [-0.1, -0.05) is 17.7 Å². The molecule has 2 rings (SSSR count). The average molecular weight is 366 g/mol. The van der Waals surface area contributed by atoms with Gasteiger partial charge in [-0.2, -0.15) is 0 Å². The predicted molar refractivity (Wildman–Crippen MR) is 74.1 cm³/mol. The summed E-state index contributed by atoms with van der Waals surface area (Å²) in [5, 5.41) is 10.1. The van der Waals surface area contributed by atoms with Crippen LogP contribution in [-0.4, -0.2) is 5.11 Å². The van der Waals surface area contributed by atoms with Crippen molar-refractivity contribution in [2.45, 2.75) is 12.5 Å². The molecule has 106 valence electrons. The van der Waals surface area contributed by atoms with Crippen LogP contribution in [-0.2, 0) is 6.42 Å². The highest BCUT2D eigenvalue weighted by Crippen LogP contribution is 2.30. The van der Waals surface area contributed by atoms with Crippen LogP contribution in [0.3, 0.4) is 0 Å². The molecule has 6 heteroatoms. The molecule has 0 aliphatic heterocycles. The lowest BCUT2D eigenvalue weighted by Gasteiger charge is -2.14. The molecule has 1 N–H and O–H groups in total. The zero-order valence-corrected chi connectivity index (χ0v) is 12.4. The topological polar surface area (TPSA) is 20.2 Å². The Kier molecular flexibility index (Phi) is 4.73. The van der Waals surface area contributed by atoms with Gasteiger partial charge in [-0.3, -0.25) is 0 Å². The summed E-state index contributed by atoms with van der Waals surface area (Å²) in [4.78, 5) is 0. The van der Waals surface area contributed by atoms with Crippen LogP contribution in [0.25, 0.3) is 0 Å². The van der Waals surface area contributed by atoms with Crippen molar-refractivity contribution in [2.75, 3.05) is 0 Å². The number of aliphatic hydroxyl groups excluding tert-OH is 1. The van der Waals surface area contributed by atoms with Gasteiger partial charge in [0.15, 0.2) is 0 Å². The van der Waals surface area contributed by atoms with Crippen molar-refractivity contribution in [2.24, 2.45) is 0 Å². The molecule has 2 aromatic carbocycles. The van der Waals surface area contributed by atoms with Gasteiger partial charge in [0.05, 0.1) is 16.1 Å². The van der Waals surface area contributed by atoms with Gasteiger partial charge in [-0.15, -0.1) is 0 Å². The molecule has 1 atom stereocenters. The van der Waals surface area contributed by atoms with E-state index in [1.54, 1.807) is 0 Å². The minimum atomic E-state index is -1.42. The molecule has 0 bridgehead atoms. The summed E-state index contributed by atoms with van der Waals surface area (Å²) < 4.78 is 40.4. The Bertz CT molecular complexity index is 649. The van der Waals surface area contributed by atoms with Crippen LogP contribution in [0.1, 0.15) is 17.2 Å². The molecule has 0 aliphatic carbocycles. The number of hydrogen-bond donors (Lipinski definition) is 1. The molecule has 2 aromatic rings. The molecule has 0 aliphatic rings. The molecular formula is C14H9BrClF3O. The standard InChI is InChI=1S/C14H9BrClF3O/c15-9-3-4-11(18)13(14(9)19)12(20)5-7-1-2-8(17)6-10(7)16/h1-4,6,12,20H,5H2. The summed E-state index contributed by atoms with van der Waals surface area (Å²) in [5.41, 5.74) is -0.0425. The van der Waals surface area contributed by atoms with E-state index in [-0.39, 0.29) is 15.9 Å². The van der Waals surface area contributed by atoms with E-state index in [9.17, 15) is 18.3 Å². The van der Waals surface area contributed by atoms with Crippen molar-refractivity contribution in [3.63, 3.8) is 0 Å². The molecule has 0 saturated carbocycles. The lowest BCUT2D eigenvalue weighted by Crippen LogP contribution is -2.08. The smallest absolute Gasteiger partial charge is 0.146 e. The number of benzene rings is 2. The van der Waals surface area contributed by atoms with E-state index in [4.69, 9.17) is 11.6 Å². The minimum absolute atomic E-state index is 0.0538. The highest BCUT2D eigenvalue weighted by atomic mass is 79.9. The Morgan fingerprint density at radius 1 is 1.15 bits per heavy atom. The van der Waals surface area contributed by atoms with Gasteiger partial charge in [0.1, 0.15) is 17.5 Å². The lowest BCUT2D eigenvalue weighted by atomic mass is 10.0. The zero-order chi connectivity index (χ0) is 14.9. The van der Waals surface area contributed by atoms with Crippen LogP contribution in [0, 0.1) is 17.5 Å². The van der Waals surface area contributed by atoms with Crippen molar-refractivity contribution < 1.29 is 18.3 Å². The summed E-state index contributed by atoms with van der Waals surface area (Å²) in [7, 11) is 0. The highest BCUT2D eigenvalue weighted by molar-refractivity contribution is 9.10. The van der Waals surface area contributed by atoms with Crippen molar-refractivity contribution >= 4 is 27.5 Å². The molecule has 0 aromatic heterocycles. The number of rotatable bonds is 3. The molecule has 0 spiro atoms. The fraction of sp³-hybridized carbons (Fsp3) is 0.143. The van der Waals surface area contributed by atoms with E-state index in [0.717, 1.165) is 12.1 Å². The van der Waals surface area contributed by atoms with Crippen LogP contribution in [0.15, 0.2) is 34.8 Å². The summed E-state index contributed by atoms with van der Waals surface area (Å²) in [6.45, 7) is 0. The van der Waals surface area contributed by atoms with Gasteiger partial charge in [0.25, 0.3) is 0 Å². The molecule has 20 heavy (non-hydrogen) atoms. The second-order valence-corrected chi connectivity index (χ2v) is 5.47. The first-order chi connectivity index (χ1) is 9.40. The van der Waals surface area contributed by atoms with Gasteiger partial charge < -0.3 is 5.11 Å². The van der Waals surface area contributed by atoms with Crippen molar-refractivity contribution in [3.8, 4) is 0 Å². The van der Waals surface area contributed by atoms with Crippen molar-refractivity contribution in [3.05, 3.63) is 68.4 Å². The molecular weight excluding hydrogens is 357 g/mol. The molecule has 0 heterocycles. The maximum Gasteiger partial charge on any atom is 0.146 e. The Hall–Kier alpha value is -1.04. The Labute approximate surface area is 127 Å². The summed E-state index contributed by atoms with van der Waals surface area (Å²) in [6, 6.07) is 5.89. The molecule has 1 unspecified atom stereocenters. The first kappa shape index (κ1) is 15.4. The third-order valence-corrected chi connectivity index (χ3v) is 3.81. The molecule has 0 amide bonds. The largest absolute Gasteiger partial charge is 0.388 e. The number of halogens is 5. The third-order valence-electron chi connectivity index (χ3n) is 2.84. The fourth-order valence-corrected chi connectivity index (χ4v) is 2.44. The van der Waals surface area contributed by atoms with E-state index >= 15 is 0 Å². The number of aliphatic hydroxyl groups is 1.